The molecule has 0 saturated heterocycles. The summed E-state index contributed by atoms with van der Waals surface area (Å²) in [6.07, 6.45) is -3.26. The first-order valence-corrected chi connectivity index (χ1v) is 9.99. The van der Waals surface area contributed by atoms with Gasteiger partial charge in [0.2, 0.25) is 0 Å². The molecule has 0 aromatic heterocycles. The van der Waals surface area contributed by atoms with Crippen LogP contribution in [0.1, 0.15) is 24.1 Å². The highest BCUT2D eigenvalue weighted by molar-refractivity contribution is 14.0. The Hall–Kier alpha value is -1.08. The zero-order valence-electron chi connectivity index (χ0n) is 15.3. The van der Waals surface area contributed by atoms with Crippen LogP contribution in [-0.2, 0) is 20.8 Å². The van der Waals surface area contributed by atoms with Gasteiger partial charge in [0.1, 0.15) is 9.84 Å². The molecule has 0 aliphatic heterocycles. The molecule has 0 radical (unpaired) electrons. The molecule has 11 heteroatoms. The van der Waals surface area contributed by atoms with Gasteiger partial charge in [-0.25, -0.2) is 8.42 Å². The van der Waals surface area contributed by atoms with Crippen LogP contribution in [0, 0.1) is 0 Å². The van der Waals surface area contributed by atoms with Crippen LogP contribution in [0.5, 0.6) is 0 Å². The van der Waals surface area contributed by atoms with Crippen LogP contribution >= 0.6 is 24.0 Å². The van der Waals surface area contributed by atoms with Gasteiger partial charge in [0.15, 0.2) is 5.96 Å². The Kier molecular flexibility index (Phi) is 11.2. The lowest BCUT2D eigenvalue weighted by Gasteiger charge is -2.19. The van der Waals surface area contributed by atoms with E-state index in [0.717, 1.165) is 18.4 Å². The largest absolute Gasteiger partial charge is 0.416 e. The Balaban J connectivity index is 0.00000676. The first kappa shape index (κ1) is 25.9. The van der Waals surface area contributed by atoms with E-state index in [1.165, 1.54) is 6.07 Å². The van der Waals surface area contributed by atoms with E-state index in [-0.39, 0.29) is 42.9 Å². The predicted octanol–water partition coefficient (Wildman–Crippen LogP) is 2.61. The van der Waals surface area contributed by atoms with Crippen molar-refractivity contribution in [2.75, 3.05) is 38.8 Å². The van der Waals surface area contributed by atoms with Gasteiger partial charge in [-0.2, -0.15) is 13.2 Å². The molecule has 0 aliphatic rings. The molecule has 6 nitrogen and oxygen atoms in total. The maximum Gasteiger partial charge on any atom is 0.416 e. The molecule has 0 bridgehead atoms. The first-order chi connectivity index (χ1) is 12.0. The van der Waals surface area contributed by atoms with Crippen molar-refractivity contribution in [2.45, 2.75) is 19.1 Å². The number of guanidine groups is 1. The van der Waals surface area contributed by atoms with Gasteiger partial charge in [-0.3, -0.25) is 4.99 Å². The van der Waals surface area contributed by atoms with E-state index in [0.29, 0.717) is 18.1 Å². The SMILES string of the molecule is CN=C(NCCOCCS(C)(=O)=O)NC(C)c1cccc(C(F)(F)F)c1.I. The molecule has 1 rings (SSSR count). The maximum absolute atomic E-state index is 12.8. The molecule has 1 atom stereocenters. The van der Waals surface area contributed by atoms with Crippen molar-refractivity contribution in [1.82, 2.24) is 10.6 Å². The Labute approximate surface area is 174 Å². The molecule has 0 saturated carbocycles. The molecule has 1 unspecified atom stereocenters. The second-order valence-corrected chi connectivity index (χ2v) is 7.99. The Morgan fingerprint density at radius 1 is 1.30 bits per heavy atom. The molecular weight excluding hydrogens is 498 g/mol. The summed E-state index contributed by atoms with van der Waals surface area (Å²) in [4.78, 5) is 4.00. The average Bonchev–Trinajstić information content (AvgIpc) is 2.55. The van der Waals surface area contributed by atoms with Crippen LogP contribution in [-0.4, -0.2) is 53.2 Å². The first-order valence-electron chi connectivity index (χ1n) is 7.92. The van der Waals surface area contributed by atoms with Crippen LogP contribution < -0.4 is 10.6 Å². The molecule has 1 aromatic carbocycles. The molecular formula is C16H25F3IN3O3S. The fraction of sp³-hybridized carbons (Fsp3) is 0.562. The minimum absolute atomic E-state index is 0. The molecule has 0 fully saturated rings. The number of benzene rings is 1. The monoisotopic (exact) mass is 523 g/mol. The van der Waals surface area contributed by atoms with Crippen molar-refractivity contribution in [3.05, 3.63) is 35.4 Å². The van der Waals surface area contributed by atoms with Gasteiger partial charge in [0, 0.05) is 19.8 Å². The van der Waals surface area contributed by atoms with E-state index in [9.17, 15) is 21.6 Å². The fourth-order valence-electron chi connectivity index (χ4n) is 2.02. The minimum Gasteiger partial charge on any atom is -0.379 e. The van der Waals surface area contributed by atoms with Crippen LogP contribution in [0.2, 0.25) is 0 Å². The summed E-state index contributed by atoms with van der Waals surface area (Å²) < 4.78 is 65.5. The quantitative estimate of drug-likeness (QED) is 0.237. The van der Waals surface area contributed by atoms with Gasteiger partial charge >= 0.3 is 6.18 Å². The number of ether oxygens (including phenoxy) is 1. The van der Waals surface area contributed by atoms with Crippen LogP contribution in [0.3, 0.4) is 0 Å². The predicted molar refractivity (Wildman–Crippen MR) is 110 cm³/mol. The second-order valence-electron chi connectivity index (χ2n) is 5.73. The van der Waals surface area contributed by atoms with Gasteiger partial charge in [0.05, 0.1) is 30.6 Å². The number of alkyl halides is 3. The lowest BCUT2D eigenvalue weighted by atomic mass is 10.1. The number of halogens is 4. The van der Waals surface area contributed by atoms with E-state index >= 15 is 0 Å². The van der Waals surface area contributed by atoms with Crippen molar-refractivity contribution < 1.29 is 26.3 Å². The third kappa shape index (κ3) is 10.7. The number of sulfone groups is 1. The summed E-state index contributed by atoms with van der Waals surface area (Å²) in [6.45, 7) is 2.48. The van der Waals surface area contributed by atoms with E-state index in [2.05, 4.69) is 15.6 Å². The number of nitrogens with zero attached hydrogens (tertiary/aromatic N) is 1. The van der Waals surface area contributed by atoms with Crippen molar-refractivity contribution in [2.24, 2.45) is 4.99 Å². The molecule has 0 heterocycles. The van der Waals surface area contributed by atoms with Crippen molar-refractivity contribution >= 4 is 39.8 Å². The van der Waals surface area contributed by atoms with E-state index in [4.69, 9.17) is 4.74 Å². The maximum atomic E-state index is 12.8. The molecule has 0 amide bonds. The van der Waals surface area contributed by atoms with Gasteiger partial charge in [-0.15, -0.1) is 24.0 Å². The van der Waals surface area contributed by atoms with Crippen molar-refractivity contribution in [3.8, 4) is 0 Å². The summed E-state index contributed by atoms with van der Waals surface area (Å²) in [5, 5.41) is 5.95. The summed E-state index contributed by atoms with van der Waals surface area (Å²) in [7, 11) is -1.51. The standard InChI is InChI=1S/C16H24F3N3O3S.HI/c1-12(13-5-4-6-14(11-13)16(17,18)19)22-15(20-2)21-7-8-25-9-10-26(3,23)24;/h4-6,11-12H,7-10H2,1-3H3,(H2,20,21,22);1H. The van der Waals surface area contributed by atoms with E-state index in [1.807, 2.05) is 0 Å². The topological polar surface area (TPSA) is 79.8 Å². The third-order valence-corrected chi connectivity index (χ3v) is 4.34. The normalized spacial score (nSPS) is 13.6. The smallest absolute Gasteiger partial charge is 0.379 e. The number of rotatable bonds is 8. The molecule has 0 aliphatic carbocycles. The highest BCUT2D eigenvalue weighted by Crippen LogP contribution is 2.30. The molecule has 0 spiro atoms. The zero-order valence-corrected chi connectivity index (χ0v) is 18.5. The molecule has 27 heavy (non-hydrogen) atoms. The number of nitrogens with one attached hydrogen (secondary N) is 2. The third-order valence-electron chi connectivity index (χ3n) is 3.43. The van der Waals surface area contributed by atoms with E-state index < -0.39 is 27.6 Å². The summed E-state index contributed by atoms with van der Waals surface area (Å²) >= 11 is 0. The lowest BCUT2D eigenvalue weighted by molar-refractivity contribution is -0.137. The second kappa shape index (κ2) is 11.7. The summed E-state index contributed by atoms with van der Waals surface area (Å²) in [5.41, 5.74) is -0.224. The summed E-state index contributed by atoms with van der Waals surface area (Å²) in [6, 6.07) is 4.70. The van der Waals surface area contributed by atoms with Gasteiger partial charge < -0.3 is 15.4 Å². The van der Waals surface area contributed by atoms with Gasteiger partial charge in [-0.1, -0.05) is 12.1 Å². The zero-order chi connectivity index (χ0) is 19.8. The highest BCUT2D eigenvalue weighted by atomic mass is 127. The van der Waals surface area contributed by atoms with Crippen LogP contribution in [0.4, 0.5) is 13.2 Å². The Morgan fingerprint density at radius 2 is 1.96 bits per heavy atom. The molecule has 2 N–H and O–H groups in total. The molecule has 1 aromatic rings. The van der Waals surface area contributed by atoms with Gasteiger partial charge in [0.25, 0.3) is 0 Å². The average molecular weight is 523 g/mol. The van der Waals surface area contributed by atoms with Crippen LogP contribution in [0.15, 0.2) is 29.3 Å². The van der Waals surface area contributed by atoms with Crippen molar-refractivity contribution in [1.29, 1.82) is 0 Å². The van der Waals surface area contributed by atoms with Crippen molar-refractivity contribution in [3.63, 3.8) is 0 Å². The van der Waals surface area contributed by atoms with Gasteiger partial charge in [-0.05, 0) is 24.6 Å². The summed E-state index contributed by atoms with van der Waals surface area (Å²) in [5.74, 6) is 0.355. The Bertz CT molecular complexity index is 712. The Morgan fingerprint density at radius 3 is 2.52 bits per heavy atom. The highest BCUT2D eigenvalue weighted by Gasteiger charge is 2.30. The lowest BCUT2D eigenvalue weighted by Crippen LogP contribution is -2.40. The minimum atomic E-state index is -4.39. The number of hydrogen-bond acceptors (Lipinski definition) is 4. The molecule has 156 valence electrons. The van der Waals surface area contributed by atoms with Crippen LogP contribution in [0.25, 0.3) is 0 Å². The number of aliphatic imine (C=N–C) groups is 1. The number of hydrogen-bond donors (Lipinski definition) is 2. The fourth-order valence-corrected chi connectivity index (χ4v) is 2.44. The van der Waals surface area contributed by atoms with E-state index in [1.54, 1.807) is 20.0 Å².